The molecule has 3 aromatic rings. The van der Waals surface area contributed by atoms with E-state index in [1.54, 1.807) is 16.0 Å². The molecule has 1 aromatic carbocycles. The Kier molecular flexibility index (Phi) is 12.5. The molecule has 58 heavy (non-hydrogen) atoms. The first kappa shape index (κ1) is 43.3. The highest BCUT2D eigenvalue weighted by Crippen LogP contribution is 2.67. The first-order chi connectivity index (χ1) is 27.2. The Labute approximate surface area is 339 Å². The Morgan fingerprint density at radius 3 is 2.16 bits per heavy atom. The van der Waals surface area contributed by atoms with Gasteiger partial charge in [0, 0.05) is 47.2 Å². The molecule has 2 aromatic heterocycles. The maximum absolute atomic E-state index is 16.2. The second-order valence-corrected chi connectivity index (χ2v) is 20.1. The number of fused-ring (bicyclic) bond motifs is 2. The van der Waals surface area contributed by atoms with Crippen LogP contribution < -0.4 is 5.32 Å². The quantitative estimate of drug-likeness (QED) is 0.114. The predicted octanol–water partition coefficient (Wildman–Crippen LogP) is 6.93. The molecule has 0 spiro atoms. The van der Waals surface area contributed by atoms with Gasteiger partial charge in [-0.25, -0.2) is 0 Å². The van der Waals surface area contributed by atoms with Gasteiger partial charge in [0.05, 0.1) is 15.7 Å². The van der Waals surface area contributed by atoms with E-state index >= 15 is 8.78 Å². The molecule has 0 bridgehead atoms. The molecule has 1 N–H and O–H groups in total. The third kappa shape index (κ3) is 9.12. The predicted molar refractivity (Wildman–Crippen MR) is 209 cm³/mol. The minimum atomic E-state index is -5.57. The number of halogens is 2. The minimum Gasteiger partial charge on any atom is -0.438 e. The average Bonchev–Trinajstić information content (AvgIpc) is 3.74. The van der Waals surface area contributed by atoms with Crippen molar-refractivity contribution < 1.29 is 55.8 Å². The number of amides is 3. The van der Waals surface area contributed by atoms with Crippen molar-refractivity contribution in [2.75, 3.05) is 26.7 Å². The van der Waals surface area contributed by atoms with Gasteiger partial charge in [-0.2, -0.15) is 8.78 Å². The van der Waals surface area contributed by atoms with Gasteiger partial charge in [0.25, 0.3) is 5.91 Å². The molecular weight excluding hydrogens is 797 g/mol. The number of carbonyl (C=O) groups is 5. The number of nitrogens with one attached hydrogen (secondary N) is 1. The highest BCUT2D eigenvalue weighted by atomic mass is 32.1. The number of aromatic nitrogens is 1. The SMILES string of the molecule is CC(C)(C)C(=O)OCOP(=O)(OCOC(=O)C(C)(C)C)C(F)(F)c1ccc2sc(C(=O)N[C@H]3CCC[C@H]4CC[C@@H](C(=O)N5CC(c6ccccn6)C5)N4C3=O)cc2c1. The van der Waals surface area contributed by atoms with Gasteiger partial charge in [-0.05, 0) is 109 Å². The number of carbonyl (C=O) groups excluding carboxylic acids is 5. The monoisotopic (exact) mass is 846 g/mol. The summed E-state index contributed by atoms with van der Waals surface area (Å²) in [7, 11) is -5.57. The molecule has 6 rings (SSSR count). The second-order valence-electron chi connectivity index (χ2n) is 16.9. The summed E-state index contributed by atoms with van der Waals surface area (Å²) in [4.78, 5) is 73.8. The summed E-state index contributed by atoms with van der Waals surface area (Å²) in [6.07, 6.45) is 4.68. The molecule has 0 unspecified atom stereocenters. The van der Waals surface area contributed by atoms with Crippen LogP contribution in [0.15, 0.2) is 48.7 Å². The third-order valence-corrected chi connectivity index (χ3v) is 13.4. The zero-order chi connectivity index (χ0) is 42.2. The third-order valence-electron chi connectivity index (χ3n) is 10.5. The van der Waals surface area contributed by atoms with Crippen LogP contribution in [0.2, 0.25) is 0 Å². The zero-order valence-electron chi connectivity index (χ0n) is 33.3. The van der Waals surface area contributed by atoms with Gasteiger partial charge in [0.2, 0.25) is 25.4 Å². The van der Waals surface area contributed by atoms with Crippen LogP contribution in [0.4, 0.5) is 8.78 Å². The van der Waals surface area contributed by atoms with Crippen molar-refractivity contribution in [2.24, 2.45) is 10.8 Å². The number of nitrogens with zero attached hydrogens (tertiary/aromatic N) is 3. The van der Waals surface area contributed by atoms with Gasteiger partial charge in [-0.15, -0.1) is 11.3 Å². The Morgan fingerprint density at radius 2 is 1.55 bits per heavy atom. The number of hydrogen-bond acceptors (Lipinski definition) is 12. The lowest BCUT2D eigenvalue weighted by atomic mass is 9.94. The summed E-state index contributed by atoms with van der Waals surface area (Å²) in [5.74, 6) is -2.51. The number of ether oxygens (including phenoxy) is 2. The van der Waals surface area contributed by atoms with E-state index in [9.17, 15) is 28.5 Å². The molecule has 314 valence electrons. The molecule has 3 atom stereocenters. The molecule has 0 radical (unpaired) electrons. The number of thiophene rings is 1. The molecule has 3 fully saturated rings. The number of benzene rings is 1. The fraction of sp³-hybridized carbons (Fsp3) is 0.550. The fourth-order valence-electron chi connectivity index (χ4n) is 7.07. The highest BCUT2D eigenvalue weighted by molar-refractivity contribution is 7.54. The van der Waals surface area contributed by atoms with Crippen LogP contribution in [-0.4, -0.2) is 89.2 Å². The van der Waals surface area contributed by atoms with Crippen LogP contribution in [-0.2, 0) is 47.9 Å². The van der Waals surface area contributed by atoms with Gasteiger partial charge in [0.1, 0.15) is 12.1 Å². The smallest absolute Gasteiger partial charge is 0.410 e. The summed E-state index contributed by atoms with van der Waals surface area (Å²) < 4.78 is 66.5. The van der Waals surface area contributed by atoms with E-state index in [1.165, 1.54) is 53.7 Å². The van der Waals surface area contributed by atoms with E-state index in [0.717, 1.165) is 29.2 Å². The highest BCUT2D eigenvalue weighted by Gasteiger charge is 2.56. The normalized spacial score (nSPS) is 20.6. The van der Waals surface area contributed by atoms with Crippen molar-refractivity contribution in [1.29, 1.82) is 0 Å². The molecule has 3 aliphatic heterocycles. The van der Waals surface area contributed by atoms with Crippen molar-refractivity contribution in [2.45, 2.75) is 103 Å². The van der Waals surface area contributed by atoms with Crippen molar-refractivity contribution in [3.05, 3.63) is 64.8 Å². The molecule has 5 heterocycles. The Morgan fingerprint density at radius 1 is 0.897 bits per heavy atom. The van der Waals surface area contributed by atoms with Gasteiger partial charge in [-0.1, -0.05) is 12.1 Å². The number of likely N-dealkylation sites (tertiary alicyclic amines) is 1. The Hall–Kier alpha value is -4.31. The maximum Gasteiger partial charge on any atom is 0.410 e. The molecule has 3 aliphatic rings. The lowest BCUT2D eigenvalue weighted by Crippen LogP contribution is -2.58. The summed E-state index contributed by atoms with van der Waals surface area (Å²) in [6.45, 7) is 7.93. The van der Waals surface area contributed by atoms with Crippen LogP contribution in [0.5, 0.6) is 0 Å². The van der Waals surface area contributed by atoms with Gasteiger partial charge >= 0.3 is 25.2 Å². The summed E-state index contributed by atoms with van der Waals surface area (Å²) in [6, 6.07) is 8.79. The molecule has 3 amide bonds. The van der Waals surface area contributed by atoms with Crippen molar-refractivity contribution >= 4 is 58.7 Å². The average molecular weight is 847 g/mol. The van der Waals surface area contributed by atoms with Crippen LogP contribution in [0.25, 0.3) is 10.1 Å². The largest absolute Gasteiger partial charge is 0.438 e. The molecule has 14 nitrogen and oxygen atoms in total. The molecular formula is C40H49F2N4O10PS. The lowest BCUT2D eigenvalue weighted by Gasteiger charge is -2.42. The maximum atomic E-state index is 16.2. The number of pyridine rings is 1. The number of hydrogen-bond donors (Lipinski definition) is 1. The summed E-state index contributed by atoms with van der Waals surface area (Å²) in [5.41, 5.74) is -6.27. The Bertz CT molecular complexity index is 2060. The minimum absolute atomic E-state index is 0.107. The number of alkyl halides is 2. The zero-order valence-corrected chi connectivity index (χ0v) is 35.0. The van der Waals surface area contributed by atoms with Crippen LogP contribution >= 0.6 is 18.9 Å². The fourth-order valence-corrected chi connectivity index (χ4v) is 9.26. The first-order valence-electron chi connectivity index (χ1n) is 19.2. The van der Waals surface area contributed by atoms with Gasteiger partial charge < -0.3 is 24.6 Å². The van der Waals surface area contributed by atoms with Crippen molar-refractivity contribution in [3.8, 4) is 0 Å². The van der Waals surface area contributed by atoms with E-state index in [1.807, 2.05) is 18.2 Å². The molecule has 3 saturated heterocycles. The van der Waals surface area contributed by atoms with E-state index in [2.05, 4.69) is 10.3 Å². The van der Waals surface area contributed by atoms with Crippen LogP contribution in [0.1, 0.15) is 100 Å². The molecule has 0 saturated carbocycles. The molecule has 18 heteroatoms. The van der Waals surface area contributed by atoms with E-state index in [-0.39, 0.29) is 34.0 Å². The topological polar surface area (TPSA) is 171 Å². The van der Waals surface area contributed by atoms with Crippen molar-refractivity contribution in [1.82, 2.24) is 20.1 Å². The Balaban J connectivity index is 1.15. The number of esters is 2. The standard InChI is InChI=1S/C40H49F2N4O10PS/c1-38(2,3)36(50)53-22-55-57(52,56-23-54-37(51)39(4,5)6)40(41,42)26-13-16-31-24(18-26)19-32(58-31)33(47)44-29-12-9-10-27-14-15-30(46(27)34(29)48)35(49)45-20-25(21-45)28-11-7-8-17-43-28/h7-8,11,13,16-19,25,27,29-30H,9-10,12,14-15,20-23H2,1-6H3,(H,44,47)/t27-,29-,30-/m0/s1. The second kappa shape index (κ2) is 16.7. The lowest BCUT2D eigenvalue weighted by molar-refractivity contribution is -0.163. The van der Waals surface area contributed by atoms with Gasteiger partial charge in [-0.3, -0.25) is 42.6 Å². The van der Waals surface area contributed by atoms with Crippen LogP contribution in [0, 0.1) is 10.8 Å². The van der Waals surface area contributed by atoms with Crippen molar-refractivity contribution in [3.63, 3.8) is 0 Å². The number of rotatable bonds is 12. The van der Waals surface area contributed by atoms with E-state index in [0.29, 0.717) is 49.9 Å². The first-order valence-corrected chi connectivity index (χ1v) is 21.5. The van der Waals surface area contributed by atoms with Gasteiger partial charge in [0.15, 0.2) is 0 Å². The van der Waals surface area contributed by atoms with E-state index < -0.39 is 73.2 Å². The van der Waals surface area contributed by atoms with E-state index in [4.69, 9.17) is 18.5 Å². The summed E-state index contributed by atoms with van der Waals surface area (Å²) >= 11 is 1.01. The van der Waals surface area contributed by atoms with Crippen LogP contribution in [0.3, 0.4) is 0 Å². The molecule has 0 aliphatic carbocycles. The summed E-state index contributed by atoms with van der Waals surface area (Å²) in [5, 5.41) is 3.03.